The number of benzene rings is 1. The number of halogens is 1. The fourth-order valence-electron chi connectivity index (χ4n) is 4.12. The number of fused-ring (bicyclic) bond motifs is 2. The minimum Gasteiger partial charge on any atom is -0.334 e. The molecule has 0 spiro atoms. The van der Waals surface area contributed by atoms with Gasteiger partial charge >= 0.3 is 0 Å². The van der Waals surface area contributed by atoms with Crippen molar-refractivity contribution in [1.29, 1.82) is 0 Å². The van der Waals surface area contributed by atoms with Crippen molar-refractivity contribution in [3.8, 4) is 0 Å². The molecule has 4 rings (SSSR count). The minimum atomic E-state index is -0.352. The normalized spacial score (nSPS) is 28.9. The Hall–Kier alpha value is -1.24. The number of hydrogen-bond donors (Lipinski definition) is 1. The van der Waals surface area contributed by atoms with Crippen LogP contribution in [0, 0.1) is 0 Å². The van der Waals surface area contributed by atoms with Crippen LogP contribution >= 0.6 is 23.4 Å². The Morgan fingerprint density at radius 2 is 1.88 bits per heavy atom. The van der Waals surface area contributed by atoms with Crippen LogP contribution in [0.5, 0.6) is 0 Å². The molecule has 5 nitrogen and oxygen atoms in total. The van der Waals surface area contributed by atoms with Gasteiger partial charge in [-0.3, -0.25) is 9.59 Å². The van der Waals surface area contributed by atoms with E-state index < -0.39 is 0 Å². The molecule has 3 unspecified atom stereocenters. The van der Waals surface area contributed by atoms with E-state index in [9.17, 15) is 9.59 Å². The summed E-state index contributed by atoms with van der Waals surface area (Å²) < 4.78 is 0. The molecule has 3 aliphatic rings. The summed E-state index contributed by atoms with van der Waals surface area (Å²) in [5.74, 6) is 1.30. The highest BCUT2D eigenvalue weighted by Crippen LogP contribution is 2.32. The number of amides is 2. The Labute approximate surface area is 157 Å². The van der Waals surface area contributed by atoms with Crippen molar-refractivity contribution in [2.75, 3.05) is 24.7 Å². The van der Waals surface area contributed by atoms with E-state index in [0.717, 1.165) is 32.4 Å². The van der Waals surface area contributed by atoms with Crippen molar-refractivity contribution in [3.63, 3.8) is 0 Å². The lowest BCUT2D eigenvalue weighted by Gasteiger charge is -2.33. The molecule has 3 saturated heterocycles. The van der Waals surface area contributed by atoms with Gasteiger partial charge in [0.05, 0.1) is 5.88 Å². The Morgan fingerprint density at radius 3 is 2.68 bits per heavy atom. The summed E-state index contributed by atoms with van der Waals surface area (Å²) in [6.45, 7) is 1.84. The smallest absolute Gasteiger partial charge is 0.255 e. The number of nitrogens with zero attached hydrogens (tertiary/aromatic N) is 2. The van der Waals surface area contributed by atoms with Gasteiger partial charge in [0.15, 0.2) is 0 Å². The summed E-state index contributed by atoms with van der Waals surface area (Å²) in [5.41, 5.74) is 0.588. The van der Waals surface area contributed by atoms with Crippen molar-refractivity contribution >= 4 is 35.2 Å². The minimum absolute atomic E-state index is 0.0830. The highest BCUT2D eigenvalue weighted by molar-refractivity contribution is 7.99. The fourth-order valence-corrected chi connectivity index (χ4v) is 5.39. The van der Waals surface area contributed by atoms with Gasteiger partial charge in [0.1, 0.15) is 6.04 Å². The van der Waals surface area contributed by atoms with E-state index in [1.807, 2.05) is 0 Å². The molecule has 7 heteroatoms. The zero-order valence-electron chi connectivity index (χ0n) is 14.0. The largest absolute Gasteiger partial charge is 0.334 e. The van der Waals surface area contributed by atoms with Gasteiger partial charge in [-0.05, 0) is 50.1 Å². The van der Waals surface area contributed by atoms with Gasteiger partial charge in [0.2, 0.25) is 5.91 Å². The molecule has 3 atom stereocenters. The summed E-state index contributed by atoms with van der Waals surface area (Å²) in [6, 6.07) is 7.15. The van der Waals surface area contributed by atoms with Gasteiger partial charge in [0.25, 0.3) is 5.91 Å². The standard InChI is InChI=1S/C18H22ClN3O2S/c19-13-3-1-12(2-4-13)17(23)21-11-25-10-16(21)18(24)22-14-5-6-15(22)9-20-8-7-14/h1-4,14-16,20H,5-11H2. The lowest BCUT2D eigenvalue weighted by molar-refractivity contribution is -0.137. The monoisotopic (exact) mass is 379 g/mol. The Balaban J connectivity index is 1.53. The van der Waals surface area contributed by atoms with E-state index in [0.29, 0.717) is 28.3 Å². The predicted octanol–water partition coefficient (Wildman–Crippen LogP) is 2.21. The van der Waals surface area contributed by atoms with Gasteiger partial charge in [-0.25, -0.2) is 0 Å². The zero-order chi connectivity index (χ0) is 17.4. The molecular formula is C18H22ClN3O2S. The van der Waals surface area contributed by atoms with E-state index in [1.54, 1.807) is 40.9 Å². The summed E-state index contributed by atoms with van der Waals surface area (Å²) >= 11 is 7.57. The van der Waals surface area contributed by atoms with Crippen molar-refractivity contribution in [1.82, 2.24) is 15.1 Å². The third-order valence-electron chi connectivity index (χ3n) is 5.43. The van der Waals surface area contributed by atoms with Gasteiger partial charge in [-0.15, -0.1) is 11.8 Å². The predicted molar refractivity (Wildman–Crippen MR) is 99.9 cm³/mol. The quantitative estimate of drug-likeness (QED) is 0.856. The second-order valence-electron chi connectivity index (χ2n) is 6.92. The first-order chi connectivity index (χ1) is 12.1. The van der Waals surface area contributed by atoms with Crippen molar-refractivity contribution in [2.45, 2.75) is 37.4 Å². The average Bonchev–Trinajstić information content (AvgIpc) is 3.18. The lowest BCUT2D eigenvalue weighted by atomic mass is 10.1. The van der Waals surface area contributed by atoms with Crippen molar-refractivity contribution in [3.05, 3.63) is 34.9 Å². The summed E-state index contributed by atoms with van der Waals surface area (Å²) in [7, 11) is 0. The van der Waals surface area contributed by atoms with Crippen LogP contribution in [0.1, 0.15) is 29.6 Å². The number of thioether (sulfide) groups is 1. The molecule has 0 aliphatic carbocycles. The zero-order valence-corrected chi connectivity index (χ0v) is 15.6. The average molecular weight is 380 g/mol. The van der Waals surface area contributed by atoms with Crippen LogP contribution in [0.15, 0.2) is 24.3 Å². The van der Waals surface area contributed by atoms with Crippen LogP contribution in [-0.2, 0) is 4.79 Å². The highest BCUT2D eigenvalue weighted by atomic mass is 35.5. The van der Waals surface area contributed by atoms with E-state index >= 15 is 0 Å². The number of hydrogen-bond acceptors (Lipinski definition) is 4. The molecule has 3 heterocycles. The second kappa shape index (κ2) is 7.17. The lowest BCUT2D eigenvalue weighted by Crippen LogP contribution is -2.53. The molecule has 3 aliphatic heterocycles. The molecule has 0 radical (unpaired) electrons. The first-order valence-electron chi connectivity index (χ1n) is 8.82. The van der Waals surface area contributed by atoms with Gasteiger partial charge in [-0.1, -0.05) is 11.6 Å². The Kier molecular flexibility index (Phi) is 4.93. The molecule has 3 fully saturated rings. The van der Waals surface area contributed by atoms with Crippen LogP contribution in [0.4, 0.5) is 0 Å². The Morgan fingerprint density at radius 1 is 1.12 bits per heavy atom. The number of carbonyl (C=O) groups excluding carboxylic acids is 2. The Bertz CT molecular complexity index is 655. The van der Waals surface area contributed by atoms with Gasteiger partial charge in [0, 0.05) is 35.0 Å². The van der Waals surface area contributed by atoms with Crippen molar-refractivity contribution in [2.24, 2.45) is 0 Å². The maximum Gasteiger partial charge on any atom is 0.255 e. The molecule has 2 bridgehead atoms. The number of nitrogens with one attached hydrogen (secondary N) is 1. The fraction of sp³-hybridized carbons (Fsp3) is 0.556. The van der Waals surface area contributed by atoms with Crippen LogP contribution in [0.3, 0.4) is 0 Å². The second-order valence-corrected chi connectivity index (χ2v) is 8.36. The maximum atomic E-state index is 13.3. The molecule has 1 aromatic carbocycles. The molecule has 1 N–H and O–H groups in total. The SMILES string of the molecule is O=C(c1ccc(Cl)cc1)N1CSCC1C(=O)N1C2CCNCC1CC2. The number of carbonyl (C=O) groups is 2. The summed E-state index contributed by atoms with van der Waals surface area (Å²) in [6.07, 6.45) is 3.16. The molecule has 1 aromatic rings. The van der Waals surface area contributed by atoms with E-state index in [2.05, 4.69) is 10.2 Å². The summed E-state index contributed by atoms with van der Waals surface area (Å²) in [4.78, 5) is 30.0. The van der Waals surface area contributed by atoms with E-state index in [4.69, 9.17) is 11.6 Å². The maximum absolute atomic E-state index is 13.3. The van der Waals surface area contributed by atoms with Crippen molar-refractivity contribution < 1.29 is 9.59 Å². The molecule has 0 aromatic heterocycles. The summed E-state index contributed by atoms with van der Waals surface area (Å²) in [5, 5.41) is 4.03. The molecule has 2 amide bonds. The van der Waals surface area contributed by atoms with E-state index in [1.165, 1.54) is 0 Å². The third kappa shape index (κ3) is 3.27. The van der Waals surface area contributed by atoms with E-state index in [-0.39, 0.29) is 23.9 Å². The van der Waals surface area contributed by atoms with Crippen LogP contribution < -0.4 is 5.32 Å². The van der Waals surface area contributed by atoms with Crippen LogP contribution in [-0.4, -0.2) is 64.5 Å². The van der Waals surface area contributed by atoms with Crippen LogP contribution in [0.25, 0.3) is 0 Å². The molecule has 25 heavy (non-hydrogen) atoms. The topological polar surface area (TPSA) is 52.7 Å². The highest BCUT2D eigenvalue weighted by Gasteiger charge is 2.44. The van der Waals surface area contributed by atoms with Gasteiger partial charge < -0.3 is 15.1 Å². The first-order valence-corrected chi connectivity index (χ1v) is 10.4. The number of rotatable bonds is 2. The first kappa shape index (κ1) is 17.2. The molecule has 0 saturated carbocycles. The third-order valence-corrected chi connectivity index (χ3v) is 6.69. The van der Waals surface area contributed by atoms with Gasteiger partial charge in [-0.2, -0.15) is 0 Å². The molecule has 134 valence electrons. The van der Waals surface area contributed by atoms with Crippen LogP contribution in [0.2, 0.25) is 5.02 Å². The molecular weight excluding hydrogens is 358 g/mol.